The van der Waals surface area contributed by atoms with Gasteiger partial charge in [0, 0.05) is 6.42 Å². The Morgan fingerprint density at radius 1 is 1.46 bits per heavy atom. The third kappa shape index (κ3) is 6.38. The molecule has 0 aromatic heterocycles. The summed E-state index contributed by atoms with van der Waals surface area (Å²) in [5.41, 5.74) is -0.222. The minimum Gasteiger partial charge on any atom is -0.348 e. The first-order valence-corrected chi connectivity index (χ1v) is 4.82. The van der Waals surface area contributed by atoms with Crippen LogP contribution in [0.2, 0.25) is 0 Å². The van der Waals surface area contributed by atoms with Crippen LogP contribution in [0.25, 0.3) is 0 Å². The Morgan fingerprint density at radius 2 is 2.00 bits per heavy atom. The molecule has 0 saturated heterocycles. The van der Waals surface area contributed by atoms with Crippen molar-refractivity contribution in [2.45, 2.75) is 46.6 Å². The quantitative estimate of drug-likeness (QED) is 0.667. The first kappa shape index (κ1) is 12.2. The molecule has 13 heavy (non-hydrogen) atoms. The van der Waals surface area contributed by atoms with Gasteiger partial charge in [0.15, 0.2) is 0 Å². The Balaban J connectivity index is 4.04. The largest absolute Gasteiger partial charge is 0.348 e. The number of nitrogens with one attached hydrogen (secondary N) is 1. The predicted octanol–water partition coefficient (Wildman–Crippen LogP) is 2.50. The highest BCUT2D eigenvalue weighted by Crippen LogP contribution is 2.06. The maximum absolute atomic E-state index is 11.4. The fourth-order valence-corrected chi connectivity index (χ4v) is 1.24. The van der Waals surface area contributed by atoms with E-state index in [1.807, 2.05) is 46.8 Å². The lowest BCUT2D eigenvalue weighted by atomic mass is 10.0. The van der Waals surface area contributed by atoms with Gasteiger partial charge in [-0.1, -0.05) is 26.0 Å². The van der Waals surface area contributed by atoms with Crippen LogP contribution >= 0.6 is 0 Å². The van der Waals surface area contributed by atoms with E-state index in [4.69, 9.17) is 0 Å². The van der Waals surface area contributed by atoms with Crippen molar-refractivity contribution in [1.82, 2.24) is 5.32 Å². The number of carbonyl (C=O) groups excluding carboxylic acids is 1. The molecule has 1 N–H and O–H groups in total. The summed E-state index contributed by atoms with van der Waals surface area (Å²) in [5, 5.41) is 2.96. The number of amides is 1. The normalized spacial score (nSPS) is 12.5. The first-order valence-electron chi connectivity index (χ1n) is 4.82. The van der Waals surface area contributed by atoms with E-state index in [0.717, 1.165) is 0 Å². The molecule has 76 valence electrons. The van der Waals surface area contributed by atoms with Gasteiger partial charge in [-0.3, -0.25) is 4.79 Å². The summed E-state index contributed by atoms with van der Waals surface area (Å²) in [6.07, 6.45) is 4.54. The van der Waals surface area contributed by atoms with Crippen molar-refractivity contribution in [3.05, 3.63) is 12.2 Å². The molecular formula is C11H21NO. The minimum absolute atomic E-state index is 0.123. The van der Waals surface area contributed by atoms with E-state index in [1.54, 1.807) is 0 Å². The average Bonchev–Trinajstić information content (AvgIpc) is 1.81. The van der Waals surface area contributed by atoms with Gasteiger partial charge in [0.05, 0.1) is 5.54 Å². The number of rotatable bonds is 4. The molecule has 0 aromatic carbocycles. The predicted molar refractivity (Wildman–Crippen MR) is 56.5 cm³/mol. The lowest BCUT2D eigenvalue weighted by molar-refractivity contribution is -0.122. The number of carbonyl (C=O) groups is 1. The monoisotopic (exact) mass is 183 g/mol. The highest BCUT2D eigenvalue weighted by Gasteiger charge is 2.16. The van der Waals surface area contributed by atoms with Crippen LogP contribution in [0.3, 0.4) is 0 Å². The van der Waals surface area contributed by atoms with Crippen molar-refractivity contribution in [2.24, 2.45) is 5.92 Å². The summed E-state index contributed by atoms with van der Waals surface area (Å²) in [6, 6.07) is 0. The van der Waals surface area contributed by atoms with Crippen molar-refractivity contribution < 1.29 is 4.79 Å². The summed E-state index contributed by atoms with van der Waals surface area (Å²) in [5.74, 6) is 0.541. The van der Waals surface area contributed by atoms with Gasteiger partial charge in [-0.15, -0.1) is 0 Å². The van der Waals surface area contributed by atoms with Crippen molar-refractivity contribution in [3.8, 4) is 0 Å². The molecule has 0 aliphatic heterocycles. The summed E-state index contributed by atoms with van der Waals surface area (Å²) in [7, 11) is 0. The van der Waals surface area contributed by atoms with Crippen LogP contribution < -0.4 is 5.32 Å². The van der Waals surface area contributed by atoms with Gasteiger partial charge < -0.3 is 5.32 Å². The highest BCUT2D eigenvalue weighted by atomic mass is 16.1. The zero-order valence-corrected chi connectivity index (χ0v) is 9.35. The minimum atomic E-state index is -0.222. The number of hydrogen-bond acceptors (Lipinski definition) is 1. The SMILES string of the molecule is C/C=C/C(C)(C)NC(=O)CC(C)C. The van der Waals surface area contributed by atoms with Crippen LogP contribution in [0, 0.1) is 5.92 Å². The second-order valence-corrected chi connectivity index (χ2v) is 4.37. The zero-order chi connectivity index (χ0) is 10.5. The molecular weight excluding hydrogens is 162 g/mol. The Morgan fingerprint density at radius 3 is 2.38 bits per heavy atom. The second kappa shape index (κ2) is 5.05. The fraction of sp³-hybridized carbons (Fsp3) is 0.727. The molecule has 0 unspecified atom stereocenters. The van der Waals surface area contributed by atoms with Gasteiger partial charge in [0.2, 0.25) is 5.91 Å². The summed E-state index contributed by atoms with van der Waals surface area (Å²) >= 11 is 0. The second-order valence-electron chi connectivity index (χ2n) is 4.37. The van der Waals surface area contributed by atoms with E-state index in [0.29, 0.717) is 12.3 Å². The highest BCUT2D eigenvalue weighted by molar-refractivity contribution is 5.77. The molecule has 0 aliphatic carbocycles. The van der Waals surface area contributed by atoms with E-state index < -0.39 is 0 Å². The molecule has 0 radical (unpaired) electrons. The smallest absolute Gasteiger partial charge is 0.220 e. The molecule has 0 aliphatic rings. The van der Waals surface area contributed by atoms with Gasteiger partial charge in [0.25, 0.3) is 0 Å². The molecule has 0 atom stereocenters. The Kier molecular flexibility index (Phi) is 4.74. The lowest BCUT2D eigenvalue weighted by Crippen LogP contribution is -2.42. The van der Waals surface area contributed by atoms with Crippen molar-refractivity contribution in [3.63, 3.8) is 0 Å². The molecule has 2 heteroatoms. The summed E-state index contributed by atoms with van der Waals surface area (Å²) in [6.45, 7) is 10.0. The van der Waals surface area contributed by atoms with Crippen LogP contribution in [0.4, 0.5) is 0 Å². The van der Waals surface area contributed by atoms with E-state index in [9.17, 15) is 4.79 Å². The molecule has 0 heterocycles. The average molecular weight is 183 g/mol. The molecule has 0 aromatic rings. The molecule has 0 rings (SSSR count). The van der Waals surface area contributed by atoms with Gasteiger partial charge in [0.1, 0.15) is 0 Å². The van der Waals surface area contributed by atoms with Gasteiger partial charge in [-0.2, -0.15) is 0 Å². The Labute approximate surface area is 81.4 Å². The van der Waals surface area contributed by atoms with Crippen molar-refractivity contribution in [1.29, 1.82) is 0 Å². The van der Waals surface area contributed by atoms with Crippen LogP contribution in [-0.2, 0) is 4.79 Å². The third-order valence-corrected chi connectivity index (χ3v) is 1.64. The molecule has 0 spiro atoms. The number of allylic oxidation sites excluding steroid dienone is 1. The van der Waals surface area contributed by atoms with Crippen LogP contribution in [0.5, 0.6) is 0 Å². The zero-order valence-electron chi connectivity index (χ0n) is 9.35. The summed E-state index contributed by atoms with van der Waals surface area (Å²) < 4.78 is 0. The van der Waals surface area contributed by atoms with Crippen LogP contribution in [0.1, 0.15) is 41.0 Å². The van der Waals surface area contributed by atoms with Gasteiger partial charge >= 0.3 is 0 Å². The van der Waals surface area contributed by atoms with Gasteiger partial charge in [-0.25, -0.2) is 0 Å². The van der Waals surface area contributed by atoms with Crippen LogP contribution in [0.15, 0.2) is 12.2 Å². The molecule has 0 bridgehead atoms. The van der Waals surface area contributed by atoms with Crippen molar-refractivity contribution >= 4 is 5.91 Å². The van der Waals surface area contributed by atoms with Crippen molar-refractivity contribution in [2.75, 3.05) is 0 Å². The van der Waals surface area contributed by atoms with E-state index in [2.05, 4.69) is 5.32 Å². The lowest BCUT2D eigenvalue weighted by Gasteiger charge is -2.22. The molecule has 2 nitrogen and oxygen atoms in total. The van der Waals surface area contributed by atoms with E-state index in [1.165, 1.54) is 0 Å². The first-order chi connectivity index (χ1) is 5.87. The topological polar surface area (TPSA) is 29.1 Å². The van der Waals surface area contributed by atoms with E-state index in [-0.39, 0.29) is 11.4 Å². The molecule has 0 fully saturated rings. The van der Waals surface area contributed by atoms with Gasteiger partial charge in [-0.05, 0) is 26.7 Å². The van der Waals surface area contributed by atoms with E-state index >= 15 is 0 Å². The standard InChI is InChI=1S/C11H21NO/c1-6-7-11(4,5)12-10(13)8-9(2)3/h6-7,9H,8H2,1-5H3,(H,12,13)/b7-6+. The van der Waals surface area contributed by atoms with Crippen LogP contribution in [-0.4, -0.2) is 11.4 Å². The maximum Gasteiger partial charge on any atom is 0.220 e. The maximum atomic E-state index is 11.4. The molecule has 1 amide bonds. The summed E-state index contributed by atoms with van der Waals surface area (Å²) in [4.78, 5) is 11.4. The third-order valence-electron chi connectivity index (χ3n) is 1.64. The fourth-order valence-electron chi connectivity index (χ4n) is 1.24. The Bertz CT molecular complexity index is 192. The number of hydrogen-bond donors (Lipinski definition) is 1. The molecule has 0 saturated carbocycles. The Hall–Kier alpha value is -0.790.